The highest BCUT2D eigenvalue weighted by atomic mass is 79.9. The molecule has 0 saturated heterocycles. The molecular weight excluding hydrogens is 222 g/mol. The van der Waals surface area contributed by atoms with Crippen LogP contribution in [0, 0.1) is 0 Å². The van der Waals surface area contributed by atoms with Gasteiger partial charge >= 0.3 is 5.97 Å². The fraction of sp³-hybridized carbons (Fsp3) is 0.125. The molecule has 3 nitrogen and oxygen atoms in total. The summed E-state index contributed by atoms with van der Waals surface area (Å²) in [6, 6.07) is 6.00. The Morgan fingerprint density at radius 2 is 2.25 bits per heavy atom. The van der Waals surface area contributed by atoms with E-state index in [9.17, 15) is 4.79 Å². The van der Waals surface area contributed by atoms with Crippen LogP contribution in [0.4, 0.5) is 0 Å². The van der Waals surface area contributed by atoms with Crippen molar-refractivity contribution in [2.24, 2.45) is 5.73 Å². The van der Waals surface area contributed by atoms with E-state index >= 15 is 0 Å². The molecule has 4 heteroatoms. The Kier molecular flexibility index (Phi) is 2.83. The van der Waals surface area contributed by atoms with Crippen LogP contribution in [0.2, 0.25) is 0 Å². The molecule has 0 unspecified atom stereocenters. The fourth-order valence-corrected chi connectivity index (χ4v) is 1.26. The van der Waals surface area contributed by atoms with Gasteiger partial charge in [0.2, 0.25) is 0 Å². The van der Waals surface area contributed by atoms with Crippen molar-refractivity contribution in [2.75, 3.05) is 0 Å². The van der Waals surface area contributed by atoms with Crippen LogP contribution in [0.5, 0.6) is 0 Å². The second-order valence-corrected chi connectivity index (χ2v) is 3.29. The highest BCUT2D eigenvalue weighted by molar-refractivity contribution is 9.10. The number of benzene rings is 1. The van der Waals surface area contributed by atoms with Crippen LogP contribution in [0.1, 0.15) is 11.6 Å². The zero-order chi connectivity index (χ0) is 9.14. The van der Waals surface area contributed by atoms with Crippen molar-refractivity contribution < 1.29 is 9.90 Å². The van der Waals surface area contributed by atoms with Crippen molar-refractivity contribution >= 4 is 21.9 Å². The molecule has 1 aromatic rings. The number of carboxylic acid groups (broad SMARTS) is 1. The van der Waals surface area contributed by atoms with E-state index in [2.05, 4.69) is 15.9 Å². The van der Waals surface area contributed by atoms with Gasteiger partial charge in [-0.15, -0.1) is 0 Å². The predicted octanol–water partition coefficient (Wildman–Crippen LogP) is 1.53. The zero-order valence-corrected chi connectivity index (χ0v) is 7.78. The number of aliphatic carboxylic acids is 1. The standard InChI is InChI=1S/C8H8BrNO2/c9-6-3-1-2-5(4-6)7(10)8(11)12/h1-4,7H,10H2,(H,11,12)/t7-/m0/s1. The molecule has 0 saturated carbocycles. The van der Waals surface area contributed by atoms with Crippen molar-refractivity contribution in [2.45, 2.75) is 6.04 Å². The molecule has 0 bridgehead atoms. The molecule has 64 valence electrons. The van der Waals surface area contributed by atoms with E-state index in [1.54, 1.807) is 18.2 Å². The van der Waals surface area contributed by atoms with Gasteiger partial charge in [0.15, 0.2) is 0 Å². The van der Waals surface area contributed by atoms with E-state index in [0.717, 1.165) is 4.47 Å². The summed E-state index contributed by atoms with van der Waals surface area (Å²) in [6.45, 7) is 0. The number of hydrogen-bond donors (Lipinski definition) is 2. The summed E-state index contributed by atoms with van der Waals surface area (Å²) >= 11 is 3.23. The lowest BCUT2D eigenvalue weighted by molar-refractivity contribution is -0.138. The van der Waals surface area contributed by atoms with E-state index in [1.807, 2.05) is 6.07 Å². The molecule has 0 aliphatic heterocycles. The number of hydrogen-bond acceptors (Lipinski definition) is 2. The topological polar surface area (TPSA) is 63.3 Å². The number of nitrogens with two attached hydrogens (primary N) is 1. The van der Waals surface area contributed by atoms with Gasteiger partial charge in [0.1, 0.15) is 6.04 Å². The van der Waals surface area contributed by atoms with Crippen LogP contribution in [-0.2, 0) is 4.79 Å². The first-order valence-electron chi connectivity index (χ1n) is 3.35. The molecule has 0 spiro atoms. The highest BCUT2D eigenvalue weighted by Crippen LogP contribution is 2.16. The Hall–Kier alpha value is -0.870. The van der Waals surface area contributed by atoms with Crippen molar-refractivity contribution in [3.8, 4) is 0 Å². The predicted molar refractivity (Wildman–Crippen MR) is 48.7 cm³/mol. The Morgan fingerprint density at radius 3 is 2.75 bits per heavy atom. The van der Waals surface area contributed by atoms with Crippen molar-refractivity contribution in [1.29, 1.82) is 0 Å². The van der Waals surface area contributed by atoms with Gasteiger partial charge in [-0.3, -0.25) is 4.79 Å². The van der Waals surface area contributed by atoms with Crippen LogP contribution >= 0.6 is 15.9 Å². The van der Waals surface area contributed by atoms with Gasteiger partial charge in [-0.2, -0.15) is 0 Å². The first-order chi connectivity index (χ1) is 5.61. The number of rotatable bonds is 2. The van der Waals surface area contributed by atoms with Gasteiger partial charge < -0.3 is 10.8 Å². The molecule has 0 radical (unpaired) electrons. The summed E-state index contributed by atoms with van der Waals surface area (Å²) in [5, 5.41) is 8.59. The Labute approximate surface area is 78.3 Å². The van der Waals surface area contributed by atoms with Gasteiger partial charge in [-0.1, -0.05) is 28.1 Å². The van der Waals surface area contributed by atoms with Gasteiger partial charge in [0, 0.05) is 4.47 Å². The minimum atomic E-state index is -1.02. The second-order valence-electron chi connectivity index (χ2n) is 2.37. The zero-order valence-electron chi connectivity index (χ0n) is 6.20. The van der Waals surface area contributed by atoms with Crippen LogP contribution in [0.25, 0.3) is 0 Å². The SMILES string of the molecule is N[C@H](C(=O)O)c1cccc(Br)c1. The average molecular weight is 230 g/mol. The first kappa shape index (κ1) is 9.22. The summed E-state index contributed by atoms with van der Waals surface area (Å²) in [5.41, 5.74) is 5.98. The van der Waals surface area contributed by atoms with Gasteiger partial charge in [0.05, 0.1) is 0 Å². The van der Waals surface area contributed by atoms with E-state index in [1.165, 1.54) is 0 Å². The maximum atomic E-state index is 10.5. The third-order valence-corrected chi connectivity index (χ3v) is 1.97. The summed E-state index contributed by atoms with van der Waals surface area (Å²) in [5.74, 6) is -1.02. The normalized spacial score (nSPS) is 12.5. The summed E-state index contributed by atoms with van der Waals surface area (Å²) in [4.78, 5) is 10.5. The first-order valence-corrected chi connectivity index (χ1v) is 4.14. The Morgan fingerprint density at radius 1 is 1.58 bits per heavy atom. The molecule has 1 rings (SSSR count). The largest absolute Gasteiger partial charge is 0.480 e. The molecule has 3 N–H and O–H groups in total. The maximum absolute atomic E-state index is 10.5. The van der Waals surface area contributed by atoms with Gasteiger partial charge in [0.25, 0.3) is 0 Å². The molecule has 1 aromatic carbocycles. The second kappa shape index (κ2) is 3.69. The molecule has 0 fully saturated rings. The maximum Gasteiger partial charge on any atom is 0.325 e. The summed E-state index contributed by atoms with van der Waals surface area (Å²) in [6.07, 6.45) is 0. The summed E-state index contributed by atoms with van der Waals surface area (Å²) < 4.78 is 0.830. The molecule has 12 heavy (non-hydrogen) atoms. The lowest BCUT2D eigenvalue weighted by atomic mass is 10.1. The highest BCUT2D eigenvalue weighted by Gasteiger charge is 2.13. The minimum absolute atomic E-state index is 0.594. The Balaban J connectivity index is 2.95. The number of carbonyl (C=O) groups is 1. The lowest BCUT2D eigenvalue weighted by Gasteiger charge is -2.05. The minimum Gasteiger partial charge on any atom is -0.480 e. The molecule has 0 aliphatic carbocycles. The third-order valence-electron chi connectivity index (χ3n) is 1.47. The average Bonchev–Trinajstić information content (AvgIpc) is 2.03. The fourth-order valence-electron chi connectivity index (χ4n) is 0.843. The van der Waals surface area contributed by atoms with Crippen LogP contribution in [0.15, 0.2) is 28.7 Å². The van der Waals surface area contributed by atoms with E-state index in [0.29, 0.717) is 5.56 Å². The smallest absolute Gasteiger partial charge is 0.325 e. The molecule has 1 atom stereocenters. The quantitative estimate of drug-likeness (QED) is 0.809. The third kappa shape index (κ3) is 2.06. The lowest BCUT2D eigenvalue weighted by Crippen LogP contribution is -2.20. The van der Waals surface area contributed by atoms with E-state index < -0.39 is 12.0 Å². The van der Waals surface area contributed by atoms with Crippen LogP contribution < -0.4 is 5.73 Å². The van der Waals surface area contributed by atoms with Crippen molar-refractivity contribution in [1.82, 2.24) is 0 Å². The Bertz CT molecular complexity index is 301. The van der Waals surface area contributed by atoms with E-state index in [-0.39, 0.29) is 0 Å². The molecule has 0 heterocycles. The molecule has 0 aliphatic rings. The van der Waals surface area contributed by atoms with Crippen molar-refractivity contribution in [3.05, 3.63) is 34.3 Å². The molecule has 0 aromatic heterocycles. The molecular formula is C8H8BrNO2. The van der Waals surface area contributed by atoms with E-state index in [4.69, 9.17) is 10.8 Å². The van der Waals surface area contributed by atoms with Gasteiger partial charge in [-0.25, -0.2) is 0 Å². The van der Waals surface area contributed by atoms with Crippen LogP contribution in [-0.4, -0.2) is 11.1 Å². The van der Waals surface area contributed by atoms with Gasteiger partial charge in [-0.05, 0) is 17.7 Å². The van der Waals surface area contributed by atoms with Crippen LogP contribution in [0.3, 0.4) is 0 Å². The number of halogens is 1. The monoisotopic (exact) mass is 229 g/mol. The molecule has 0 amide bonds. The van der Waals surface area contributed by atoms with Crippen molar-refractivity contribution in [3.63, 3.8) is 0 Å². The summed E-state index contributed by atoms with van der Waals surface area (Å²) in [7, 11) is 0. The number of carboxylic acids is 1.